The summed E-state index contributed by atoms with van der Waals surface area (Å²) in [6.45, 7) is 7.59. The quantitative estimate of drug-likeness (QED) is 0.767. The molecule has 0 bridgehead atoms. The van der Waals surface area contributed by atoms with Gasteiger partial charge in [0.2, 0.25) is 0 Å². The first-order valence-electron chi connectivity index (χ1n) is 7.63. The van der Waals surface area contributed by atoms with E-state index in [2.05, 4.69) is 0 Å². The van der Waals surface area contributed by atoms with E-state index in [1.165, 1.54) is 18.2 Å². The minimum absolute atomic E-state index is 0.00670. The monoisotopic (exact) mass is 338 g/mol. The zero-order chi connectivity index (χ0) is 17.8. The van der Waals surface area contributed by atoms with Crippen LogP contribution in [0.5, 0.6) is 0 Å². The van der Waals surface area contributed by atoms with Crippen molar-refractivity contribution >= 4 is 12.8 Å². The van der Waals surface area contributed by atoms with E-state index in [0.717, 1.165) is 6.07 Å². The molecule has 1 saturated heterocycles. The normalized spacial score (nSPS) is 19.7. The summed E-state index contributed by atoms with van der Waals surface area (Å²) in [7, 11) is -0.748. The lowest BCUT2D eigenvalue weighted by atomic mass is 9.86. The fraction of sp³-hybridized carbons (Fsp3) is 0.412. The van der Waals surface area contributed by atoms with Crippen LogP contribution in [0.1, 0.15) is 33.3 Å². The Morgan fingerprint density at radius 2 is 1.46 bits per heavy atom. The van der Waals surface area contributed by atoms with Crippen molar-refractivity contribution in [2.24, 2.45) is 0 Å². The van der Waals surface area contributed by atoms with Crippen molar-refractivity contribution in [2.75, 3.05) is 0 Å². The molecule has 7 heteroatoms. The van der Waals surface area contributed by atoms with E-state index in [1.54, 1.807) is 12.1 Å². The number of alkyl halides is 3. The van der Waals surface area contributed by atoms with Gasteiger partial charge < -0.3 is 13.7 Å². The molecule has 0 unspecified atom stereocenters. The van der Waals surface area contributed by atoms with Crippen LogP contribution in [0, 0.1) is 0 Å². The molecule has 2 heterocycles. The Morgan fingerprint density at radius 1 is 0.875 bits per heavy atom. The maximum absolute atomic E-state index is 13.2. The van der Waals surface area contributed by atoms with E-state index in [1.807, 2.05) is 27.7 Å². The molecule has 0 atom stereocenters. The van der Waals surface area contributed by atoms with E-state index in [4.69, 9.17) is 13.7 Å². The van der Waals surface area contributed by atoms with E-state index in [-0.39, 0.29) is 11.3 Å². The van der Waals surface area contributed by atoms with Gasteiger partial charge in [0.15, 0.2) is 0 Å². The average molecular weight is 338 g/mol. The third kappa shape index (κ3) is 2.87. The molecule has 0 spiro atoms. The van der Waals surface area contributed by atoms with Crippen LogP contribution in [0.25, 0.3) is 11.3 Å². The molecule has 0 aliphatic carbocycles. The maximum atomic E-state index is 13.2. The Balaban J connectivity index is 1.94. The van der Waals surface area contributed by atoms with Crippen LogP contribution in [0.2, 0.25) is 0 Å². The van der Waals surface area contributed by atoms with Crippen molar-refractivity contribution in [3.05, 3.63) is 42.0 Å². The molecule has 1 aromatic heterocycles. The molecule has 1 fully saturated rings. The summed E-state index contributed by atoms with van der Waals surface area (Å²) in [4.78, 5) is 0. The van der Waals surface area contributed by atoms with Crippen molar-refractivity contribution in [3.8, 4) is 11.3 Å². The topological polar surface area (TPSA) is 31.6 Å². The third-order valence-electron chi connectivity index (χ3n) is 4.61. The molecule has 128 valence electrons. The molecule has 2 aromatic rings. The van der Waals surface area contributed by atoms with Gasteiger partial charge in [0, 0.05) is 5.56 Å². The first kappa shape index (κ1) is 17.1. The number of furan rings is 1. The Bertz CT molecular complexity index is 734. The number of halogens is 3. The van der Waals surface area contributed by atoms with Crippen molar-refractivity contribution in [2.45, 2.75) is 45.1 Å². The Kier molecular flexibility index (Phi) is 3.84. The molecular formula is C17H18BF3O3. The average Bonchev–Trinajstić information content (AvgIpc) is 3.01. The molecule has 1 aromatic carbocycles. The SMILES string of the molecule is CC1(C)OB(c2ccc(-c3ccccc3C(F)(F)F)o2)OC1(C)C. The van der Waals surface area contributed by atoms with Crippen molar-refractivity contribution in [3.63, 3.8) is 0 Å². The molecule has 3 rings (SSSR count). The highest BCUT2D eigenvalue weighted by Gasteiger charge is 2.53. The zero-order valence-corrected chi connectivity index (χ0v) is 13.9. The predicted molar refractivity (Wildman–Crippen MR) is 84.9 cm³/mol. The van der Waals surface area contributed by atoms with Gasteiger partial charge in [0.05, 0.1) is 16.8 Å². The van der Waals surface area contributed by atoms with E-state index in [9.17, 15) is 13.2 Å². The smallest absolute Gasteiger partial charge is 0.465 e. The molecular weight excluding hydrogens is 320 g/mol. The largest absolute Gasteiger partial charge is 0.532 e. The lowest BCUT2D eigenvalue weighted by molar-refractivity contribution is -0.137. The Hall–Kier alpha value is -1.73. The number of hydrogen-bond donors (Lipinski definition) is 0. The van der Waals surface area contributed by atoms with Gasteiger partial charge in [-0.3, -0.25) is 0 Å². The van der Waals surface area contributed by atoms with Crippen molar-refractivity contribution in [1.82, 2.24) is 0 Å². The summed E-state index contributed by atoms with van der Waals surface area (Å²) in [5, 5.41) is 0. The molecule has 1 aliphatic heterocycles. The second kappa shape index (κ2) is 5.39. The van der Waals surface area contributed by atoms with Gasteiger partial charge in [-0.25, -0.2) is 0 Å². The summed E-state index contributed by atoms with van der Waals surface area (Å²) >= 11 is 0. The van der Waals surface area contributed by atoms with E-state index >= 15 is 0 Å². The molecule has 0 amide bonds. The lowest BCUT2D eigenvalue weighted by Crippen LogP contribution is -2.41. The summed E-state index contributed by atoms with van der Waals surface area (Å²) < 4.78 is 56.8. The van der Waals surface area contributed by atoms with Gasteiger partial charge in [-0.1, -0.05) is 18.2 Å². The van der Waals surface area contributed by atoms with Crippen LogP contribution < -0.4 is 5.66 Å². The second-order valence-corrected chi connectivity index (χ2v) is 6.83. The van der Waals surface area contributed by atoms with E-state index < -0.39 is 30.1 Å². The van der Waals surface area contributed by atoms with Gasteiger partial charge >= 0.3 is 13.3 Å². The first-order chi connectivity index (χ1) is 11.0. The van der Waals surface area contributed by atoms with Crippen LogP contribution in [-0.2, 0) is 15.5 Å². The number of benzene rings is 1. The highest BCUT2D eigenvalue weighted by molar-refractivity contribution is 6.60. The fourth-order valence-corrected chi connectivity index (χ4v) is 2.53. The van der Waals surface area contributed by atoms with Crippen molar-refractivity contribution < 1.29 is 26.9 Å². The summed E-state index contributed by atoms with van der Waals surface area (Å²) in [5.41, 5.74) is -1.49. The standard InChI is InChI=1S/C17H18BF3O3/c1-15(2)16(3,4)24-18(23-15)14-10-9-13(22-14)11-7-5-6-8-12(11)17(19,20)21/h5-10H,1-4H3. The highest BCUT2D eigenvalue weighted by atomic mass is 19.4. The Morgan fingerprint density at radius 3 is 2.04 bits per heavy atom. The molecule has 0 N–H and O–H groups in total. The fourth-order valence-electron chi connectivity index (χ4n) is 2.53. The van der Waals surface area contributed by atoms with Crippen LogP contribution in [0.15, 0.2) is 40.8 Å². The van der Waals surface area contributed by atoms with Crippen molar-refractivity contribution in [1.29, 1.82) is 0 Å². The Labute approximate surface area is 138 Å². The lowest BCUT2D eigenvalue weighted by Gasteiger charge is -2.32. The summed E-state index contributed by atoms with van der Waals surface area (Å²) in [6, 6.07) is 8.41. The van der Waals surface area contributed by atoms with Crippen LogP contribution in [0.3, 0.4) is 0 Å². The highest BCUT2D eigenvalue weighted by Crippen LogP contribution is 2.39. The molecule has 1 aliphatic rings. The molecule has 24 heavy (non-hydrogen) atoms. The number of hydrogen-bond acceptors (Lipinski definition) is 3. The van der Waals surface area contributed by atoms with Gasteiger partial charge in [-0.05, 0) is 45.9 Å². The van der Waals surface area contributed by atoms with Crippen LogP contribution in [-0.4, -0.2) is 18.3 Å². The molecule has 0 saturated carbocycles. The second-order valence-electron chi connectivity index (χ2n) is 6.83. The molecule has 3 nitrogen and oxygen atoms in total. The zero-order valence-electron chi connectivity index (χ0n) is 13.9. The van der Waals surface area contributed by atoms with Gasteiger partial charge in [-0.15, -0.1) is 0 Å². The maximum Gasteiger partial charge on any atom is 0.532 e. The molecule has 0 radical (unpaired) electrons. The van der Waals surface area contributed by atoms with Gasteiger partial charge in [-0.2, -0.15) is 13.2 Å². The van der Waals surface area contributed by atoms with Gasteiger partial charge in [0.25, 0.3) is 0 Å². The first-order valence-corrected chi connectivity index (χ1v) is 7.63. The van der Waals surface area contributed by atoms with Crippen LogP contribution in [0.4, 0.5) is 13.2 Å². The minimum Gasteiger partial charge on any atom is -0.465 e. The summed E-state index contributed by atoms with van der Waals surface area (Å²) in [5.74, 6) is 0.132. The minimum atomic E-state index is -4.45. The third-order valence-corrected chi connectivity index (χ3v) is 4.61. The summed E-state index contributed by atoms with van der Waals surface area (Å²) in [6.07, 6.45) is -4.45. The van der Waals surface area contributed by atoms with Gasteiger partial charge in [0.1, 0.15) is 11.4 Å². The number of rotatable bonds is 2. The predicted octanol–water partition coefficient (Wildman–Crippen LogP) is 4.26. The van der Waals surface area contributed by atoms with E-state index in [0.29, 0.717) is 5.66 Å². The van der Waals surface area contributed by atoms with Crippen LogP contribution >= 0.6 is 0 Å².